The number of amides is 1. The number of rotatable bonds is 4. The first-order chi connectivity index (χ1) is 13.3. The van der Waals surface area contributed by atoms with Crippen molar-refractivity contribution in [2.45, 2.75) is 62.5 Å². The van der Waals surface area contributed by atoms with E-state index in [1.54, 1.807) is 12.1 Å². The molecule has 1 saturated heterocycles. The number of benzene rings is 1. The van der Waals surface area contributed by atoms with Gasteiger partial charge in [0.15, 0.2) is 0 Å². The zero-order valence-electron chi connectivity index (χ0n) is 15.8. The van der Waals surface area contributed by atoms with Crippen molar-refractivity contribution in [2.75, 3.05) is 13.1 Å². The van der Waals surface area contributed by atoms with E-state index in [9.17, 15) is 22.4 Å². The Labute approximate surface area is 173 Å². The molecule has 2 aliphatic rings. The molecular weight excluding hydrogens is 410 g/mol. The van der Waals surface area contributed by atoms with Crippen molar-refractivity contribution < 1.29 is 22.4 Å². The lowest BCUT2D eigenvalue weighted by Gasteiger charge is -2.30. The van der Waals surface area contributed by atoms with Crippen LogP contribution < -0.4 is 5.32 Å². The summed E-state index contributed by atoms with van der Waals surface area (Å²) in [7, 11) is 0. The summed E-state index contributed by atoms with van der Waals surface area (Å²) in [6.45, 7) is 0.0416. The molecule has 1 aliphatic heterocycles. The van der Waals surface area contributed by atoms with Gasteiger partial charge >= 0.3 is 6.18 Å². The number of carbonyl (C=O) groups is 1. The van der Waals surface area contributed by atoms with Crippen molar-refractivity contribution in [3.8, 4) is 6.07 Å². The molecule has 1 aromatic rings. The molecule has 0 spiro atoms. The van der Waals surface area contributed by atoms with E-state index in [1.807, 2.05) is 6.07 Å². The fraction of sp³-hybridized carbons (Fsp3) is 0.600. The monoisotopic (exact) mass is 433 g/mol. The molecule has 1 aliphatic carbocycles. The Morgan fingerprint density at radius 2 is 1.79 bits per heavy atom. The van der Waals surface area contributed by atoms with E-state index in [2.05, 4.69) is 5.32 Å². The Kier molecular flexibility index (Phi) is 7.89. The molecule has 0 bridgehead atoms. The standard InChI is InChI=1S/C20H23F4N3O.ClH/c21-16-9-18(10-25)27(12-16)19(28)11-26-17-7-3-14(4-8-17)13-1-5-15(6-2-13)20(22,23)24;/h1-2,5-6,14,16-18,26H,3-4,7-9,11-12H2;1H/t14?,16-,17?,18-;/m0./s1. The number of nitriles is 1. The Morgan fingerprint density at radius 1 is 1.17 bits per heavy atom. The van der Waals surface area contributed by atoms with Gasteiger partial charge in [0.05, 0.1) is 24.7 Å². The van der Waals surface area contributed by atoms with Crippen LogP contribution in [-0.4, -0.2) is 42.2 Å². The summed E-state index contributed by atoms with van der Waals surface area (Å²) in [5.41, 5.74) is 0.267. The SMILES string of the molecule is Cl.N#C[C@@H]1C[C@H](F)CN1C(=O)CNC1CCC(c2ccc(C(F)(F)F)cc2)CC1. The second-order valence-electron chi connectivity index (χ2n) is 7.57. The average molecular weight is 434 g/mol. The normalized spacial score (nSPS) is 27.2. The first-order valence-corrected chi connectivity index (χ1v) is 9.51. The molecule has 160 valence electrons. The maximum absolute atomic E-state index is 13.4. The highest BCUT2D eigenvalue weighted by molar-refractivity contribution is 5.85. The van der Waals surface area contributed by atoms with Gasteiger partial charge in [-0.2, -0.15) is 18.4 Å². The fourth-order valence-corrected chi connectivity index (χ4v) is 4.09. The largest absolute Gasteiger partial charge is 0.416 e. The minimum Gasteiger partial charge on any atom is -0.323 e. The van der Waals surface area contributed by atoms with E-state index in [0.29, 0.717) is 0 Å². The van der Waals surface area contributed by atoms with Gasteiger partial charge in [0.25, 0.3) is 0 Å². The van der Waals surface area contributed by atoms with Crippen molar-refractivity contribution in [1.82, 2.24) is 10.2 Å². The topological polar surface area (TPSA) is 56.1 Å². The number of nitrogens with one attached hydrogen (secondary N) is 1. The van der Waals surface area contributed by atoms with Gasteiger partial charge < -0.3 is 10.2 Å². The summed E-state index contributed by atoms with van der Waals surface area (Å²) < 4.78 is 51.4. The van der Waals surface area contributed by atoms with Gasteiger partial charge in [-0.3, -0.25) is 4.79 Å². The van der Waals surface area contributed by atoms with Crippen molar-refractivity contribution in [2.24, 2.45) is 0 Å². The van der Waals surface area contributed by atoms with Crippen LogP contribution in [0.1, 0.15) is 49.1 Å². The number of alkyl halides is 4. The van der Waals surface area contributed by atoms with Crippen molar-refractivity contribution >= 4 is 18.3 Å². The van der Waals surface area contributed by atoms with Gasteiger partial charge in [-0.1, -0.05) is 12.1 Å². The molecule has 4 nitrogen and oxygen atoms in total. The summed E-state index contributed by atoms with van der Waals surface area (Å²) in [5, 5.41) is 12.2. The zero-order chi connectivity index (χ0) is 20.3. The fourth-order valence-electron chi connectivity index (χ4n) is 4.09. The molecule has 1 N–H and O–H groups in total. The van der Waals surface area contributed by atoms with Gasteiger partial charge in [0, 0.05) is 12.5 Å². The molecule has 3 rings (SSSR count). The third-order valence-corrected chi connectivity index (χ3v) is 5.70. The lowest BCUT2D eigenvalue weighted by atomic mass is 9.81. The maximum Gasteiger partial charge on any atom is 0.416 e. The van der Waals surface area contributed by atoms with E-state index < -0.39 is 24.0 Å². The highest BCUT2D eigenvalue weighted by Crippen LogP contribution is 2.35. The predicted molar refractivity (Wildman–Crippen MR) is 102 cm³/mol. The van der Waals surface area contributed by atoms with Gasteiger partial charge in [0.1, 0.15) is 12.2 Å². The van der Waals surface area contributed by atoms with Crippen LogP contribution >= 0.6 is 12.4 Å². The van der Waals surface area contributed by atoms with E-state index in [4.69, 9.17) is 5.26 Å². The quantitative estimate of drug-likeness (QED) is 0.724. The summed E-state index contributed by atoms with van der Waals surface area (Å²) in [5.74, 6) is -0.0542. The second kappa shape index (κ2) is 9.77. The summed E-state index contributed by atoms with van der Waals surface area (Å²) in [6.07, 6.45) is -2.12. The smallest absolute Gasteiger partial charge is 0.323 e. The molecule has 0 radical (unpaired) electrons. The number of nitrogens with zero attached hydrogens (tertiary/aromatic N) is 2. The third kappa shape index (κ3) is 5.83. The molecule has 9 heteroatoms. The zero-order valence-corrected chi connectivity index (χ0v) is 16.6. The molecule has 2 fully saturated rings. The molecule has 0 aromatic heterocycles. The highest BCUT2D eigenvalue weighted by atomic mass is 35.5. The number of likely N-dealkylation sites (tertiary alicyclic amines) is 1. The van der Waals surface area contributed by atoms with E-state index in [-0.39, 0.29) is 49.8 Å². The number of hydrogen-bond acceptors (Lipinski definition) is 3. The van der Waals surface area contributed by atoms with Crippen LogP contribution in [0.2, 0.25) is 0 Å². The third-order valence-electron chi connectivity index (χ3n) is 5.70. The predicted octanol–water partition coefficient (Wildman–Crippen LogP) is 4.21. The van der Waals surface area contributed by atoms with Gasteiger partial charge in [-0.05, 0) is 49.3 Å². The van der Waals surface area contributed by atoms with Crippen molar-refractivity contribution in [3.05, 3.63) is 35.4 Å². The van der Waals surface area contributed by atoms with Crippen LogP contribution in [0.15, 0.2) is 24.3 Å². The van der Waals surface area contributed by atoms with Gasteiger partial charge in [-0.15, -0.1) is 12.4 Å². The van der Waals surface area contributed by atoms with Crippen molar-refractivity contribution in [1.29, 1.82) is 5.26 Å². The van der Waals surface area contributed by atoms with Crippen LogP contribution in [0.3, 0.4) is 0 Å². The Hall–Kier alpha value is -1.85. The van der Waals surface area contributed by atoms with Crippen LogP contribution in [0.5, 0.6) is 0 Å². The number of halogens is 5. The lowest BCUT2D eigenvalue weighted by molar-refractivity contribution is -0.137. The molecule has 1 saturated carbocycles. The number of hydrogen-bond donors (Lipinski definition) is 1. The molecule has 2 atom stereocenters. The molecule has 1 aromatic carbocycles. The molecule has 1 amide bonds. The minimum absolute atomic E-state index is 0. The maximum atomic E-state index is 13.4. The minimum atomic E-state index is -4.32. The first-order valence-electron chi connectivity index (χ1n) is 9.51. The van der Waals surface area contributed by atoms with Gasteiger partial charge in [-0.25, -0.2) is 4.39 Å². The summed E-state index contributed by atoms with van der Waals surface area (Å²) in [4.78, 5) is 13.6. The Bertz CT molecular complexity index is 727. The van der Waals surface area contributed by atoms with Crippen LogP contribution in [0.25, 0.3) is 0 Å². The first kappa shape index (κ1) is 23.4. The number of carbonyl (C=O) groups excluding carboxylic acids is 1. The summed E-state index contributed by atoms with van der Waals surface area (Å²) in [6, 6.07) is 6.76. The lowest BCUT2D eigenvalue weighted by Crippen LogP contribution is -2.44. The van der Waals surface area contributed by atoms with Crippen molar-refractivity contribution in [3.63, 3.8) is 0 Å². The Balaban J connectivity index is 0.00000300. The second-order valence-corrected chi connectivity index (χ2v) is 7.57. The van der Waals surface area contributed by atoms with Crippen LogP contribution in [0.4, 0.5) is 17.6 Å². The Morgan fingerprint density at radius 3 is 2.34 bits per heavy atom. The molecule has 29 heavy (non-hydrogen) atoms. The van der Waals surface area contributed by atoms with E-state index >= 15 is 0 Å². The average Bonchev–Trinajstić information content (AvgIpc) is 3.07. The summed E-state index contributed by atoms with van der Waals surface area (Å²) >= 11 is 0. The highest BCUT2D eigenvalue weighted by Gasteiger charge is 2.35. The molecule has 1 heterocycles. The van der Waals surface area contributed by atoms with Crippen LogP contribution in [0, 0.1) is 11.3 Å². The van der Waals surface area contributed by atoms with E-state index in [1.165, 1.54) is 4.90 Å². The van der Waals surface area contributed by atoms with Gasteiger partial charge in [0.2, 0.25) is 5.91 Å². The molecule has 0 unspecified atom stereocenters. The molecular formula is C20H24ClF4N3O. The van der Waals surface area contributed by atoms with E-state index in [0.717, 1.165) is 43.4 Å². The van der Waals surface area contributed by atoms with Crippen LogP contribution in [-0.2, 0) is 11.0 Å².